The molecular weight excluding hydrogens is 460 g/mol. The van der Waals surface area contributed by atoms with E-state index in [0.717, 1.165) is 45.0 Å². The van der Waals surface area contributed by atoms with Crippen molar-refractivity contribution in [1.29, 1.82) is 0 Å². The minimum atomic E-state index is -0.704. The van der Waals surface area contributed by atoms with Crippen LogP contribution in [0.25, 0.3) is 0 Å². The van der Waals surface area contributed by atoms with Gasteiger partial charge in [0.25, 0.3) is 5.91 Å². The number of anilines is 1. The molecule has 0 unspecified atom stereocenters. The number of benzene rings is 1. The van der Waals surface area contributed by atoms with Crippen molar-refractivity contribution in [2.24, 2.45) is 5.41 Å². The topological polar surface area (TPSA) is 91.4 Å². The zero-order chi connectivity index (χ0) is 25.9. The first kappa shape index (κ1) is 26.6. The highest BCUT2D eigenvalue weighted by atomic mass is 16.5. The fourth-order valence-electron chi connectivity index (χ4n) is 5.37. The largest absolute Gasteiger partial charge is 0.383 e. The first-order valence-electron chi connectivity index (χ1n) is 13.0. The molecule has 3 aliphatic rings. The Hall–Kier alpha value is -2.49. The van der Waals surface area contributed by atoms with E-state index >= 15 is 0 Å². The van der Waals surface area contributed by atoms with Crippen LogP contribution in [-0.4, -0.2) is 105 Å². The molecule has 0 radical (unpaired) electrons. The molecule has 0 bridgehead atoms. The lowest BCUT2D eigenvalue weighted by Crippen LogP contribution is -2.53. The Morgan fingerprint density at radius 2 is 1.81 bits per heavy atom. The summed E-state index contributed by atoms with van der Waals surface area (Å²) in [5.74, 6) is -0.535. The van der Waals surface area contributed by atoms with Gasteiger partial charge in [0.1, 0.15) is 18.7 Å². The van der Waals surface area contributed by atoms with E-state index in [9.17, 15) is 14.4 Å². The number of hydrogen-bond acceptors (Lipinski definition) is 7. The van der Waals surface area contributed by atoms with Gasteiger partial charge in [-0.15, -0.1) is 0 Å². The minimum Gasteiger partial charge on any atom is -0.383 e. The number of nitrogens with one attached hydrogen (secondary N) is 1. The number of piperazine rings is 1. The summed E-state index contributed by atoms with van der Waals surface area (Å²) in [6.45, 7) is 12.2. The first-order chi connectivity index (χ1) is 17.2. The number of ether oxygens (including phenoxy) is 2. The number of amides is 2. The number of Topliss-reactive ketones (excluding diaryl/α,β-unsaturated/α-hetero) is 1. The molecule has 3 fully saturated rings. The fraction of sp³-hybridized carbons (Fsp3) is 0.667. The number of nitrogens with zero attached hydrogens (tertiary/aromatic N) is 3. The predicted octanol–water partition coefficient (Wildman–Crippen LogP) is 1.56. The summed E-state index contributed by atoms with van der Waals surface area (Å²) < 4.78 is 10.7. The van der Waals surface area contributed by atoms with Crippen molar-refractivity contribution < 1.29 is 23.9 Å². The molecule has 0 saturated carbocycles. The van der Waals surface area contributed by atoms with Gasteiger partial charge in [-0.1, -0.05) is 20.8 Å². The molecular formula is C27H40N4O5. The molecule has 0 aromatic heterocycles. The van der Waals surface area contributed by atoms with Crippen LogP contribution in [0, 0.1) is 5.41 Å². The zero-order valence-electron chi connectivity index (χ0n) is 22.0. The molecule has 0 spiro atoms. The van der Waals surface area contributed by atoms with Gasteiger partial charge >= 0.3 is 0 Å². The third-order valence-corrected chi connectivity index (χ3v) is 7.29. The van der Waals surface area contributed by atoms with E-state index < -0.39 is 12.1 Å². The molecule has 2 amide bonds. The Bertz CT molecular complexity index is 936. The van der Waals surface area contributed by atoms with Crippen molar-refractivity contribution in [2.45, 2.75) is 51.8 Å². The molecule has 1 N–H and O–H groups in total. The van der Waals surface area contributed by atoms with E-state index in [1.54, 1.807) is 12.0 Å². The van der Waals surface area contributed by atoms with E-state index in [-0.39, 0.29) is 35.7 Å². The summed E-state index contributed by atoms with van der Waals surface area (Å²) in [5.41, 5.74) is 1.42. The van der Waals surface area contributed by atoms with Gasteiger partial charge in [0.2, 0.25) is 5.91 Å². The third-order valence-electron chi connectivity index (χ3n) is 7.29. The van der Waals surface area contributed by atoms with Crippen molar-refractivity contribution in [2.75, 3.05) is 64.5 Å². The van der Waals surface area contributed by atoms with E-state index in [0.29, 0.717) is 24.9 Å². The third kappa shape index (κ3) is 6.25. The Kier molecular flexibility index (Phi) is 8.32. The smallest absolute Gasteiger partial charge is 0.251 e. The maximum absolute atomic E-state index is 13.5. The number of carbonyl (C=O) groups excluding carboxylic acids is 3. The lowest BCUT2D eigenvalue weighted by Gasteiger charge is -2.36. The van der Waals surface area contributed by atoms with Gasteiger partial charge in [0, 0.05) is 57.6 Å². The Morgan fingerprint density at radius 1 is 1.11 bits per heavy atom. The van der Waals surface area contributed by atoms with E-state index in [1.807, 2.05) is 45.0 Å². The van der Waals surface area contributed by atoms with Crippen LogP contribution in [0.2, 0.25) is 0 Å². The lowest BCUT2D eigenvalue weighted by atomic mass is 9.87. The number of methoxy groups -OCH3 is 1. The van der Waals surface area contributed by atoms with Gasteiger partial charge in [0.05, 0.1) is 12.7 Å². The fourth-order valence-corrected chi connectivity index (χ4v) is 5.37. The van der Waals surface area contributed by atoms with Gasteiger partial charge in [-0.3, -0.25) is 19.3 Å². The summed E-state index contributed by atoms with van der Waals surface area (Å²) in [4.78, 5) is 45.4. The molecule has 3 saturated heterocycles. The van der Waals surface area contributed by atoms with Gasteiger partial charge in [-0.05, 0) is 42.5 Å². The number of carbonyl (C=O) groups is 3. The molecule has 0 aliphatic carbocycles. The molecule has 1 aromatic rings. The Balaban J connectivity index is 1.39. The molecule has 198 valence electrons. The van der Waals surface area contributed by atoms with Gasteiger partial charge in [-0.2, -0.15) is 0 Å². The second-order valence-corrected chi connectivity index (χ2v) is 11.2. The van der Waals surface area contributed by atoms with Crippen molar-refractivity contribution in [3.63, 3.8) is 0 Å². The zero-order valence-corrected chi connectivity index (χ0v) is 22.0. The highest BCUT2D eigenvalue weighted by Gasteiger charge is 2.48. The maximum Gasteiger partial charge on any atom is 0.251 e. The predicted molar refractivity (Wildman–Crippen MR) is 137 cm³/mol. The average Bonchev–Trinajstić information content (AvgIpc) is 3.44. The molecule has 9 heteroatoms. The summed E-state index contributed by atoms with van der Waals surface area (Å²) >= 11 is 0. The lowest BCUT2D eigenvalue weighted by molar-refractivity contribution is -0.138. The van der Waals surface area contributed by atoms with Gasteiger partial charge in [0.15, 0.2) is 5.78 Å². The second-order valence-electron chi connectivity index (χ2n) is 11.2. The Labute approximate surface area is 214 Å². The number of rotatable bonds is 8. The summed E-state index contributed by atoms with van der Waals surface area (Å²) in [7, 11) is 1.72. The summed E-state index contributed by atoms with van der Waals surface area (Å²) in [6, 6.07) is 6.36. The summed E-state index contributed by atoms with van der Waals surface area (Å²) in [5, 5.41) is 2.97. The molecule has 3 aliphatic heterocycles. The Morgan fingerprint density at radius 3 is 2.44 bits per heavy atom. The van der Waals surface area contributed by atoms with E-state index in [4.69, 9.17) is 9.47 Å². The second kappa shape index (κ2) is 11.3. The standard InChI is InChI=1S/C27H40N4O5/c1-27(2,3)17-21(26(34)31-10-9-23-24(31)22(32)18-36-23)28-25(33)19-5-7-20(8-6-19)30-13-11-29(12-14-30)15-16-35-4/h5-8,21,23-24H,9-18H2,1-4H3,(H,28,33)/t21-,23+,24+/m0/s1. The van der Waals surface area contributed by atoms with Crippen molar-refractivity contribution >= 4 is 23.3 Å². The van der Waals surface area contributed by atoms with Crippen molar-refractivity contribution in [1.82, 2.24) is 15.1 Å². The molecule has 36 heavy (non-hydrogen) atoms. The van der Waals surface area contributed by atoms with Crippen LogP contribution >= 0.6 is 0 Å². The van der Waals surface area contributed by atoms with Gasteiger partial charge < -0.3 is 24.6 Å². The molecule has 9 nitrogen and oxygen atoms in total. The van der Waals surface area contributed by atoms with Crippen LogP contribution in [0.3, 0.4) is 0 Å². The maximum atomic E-state index is 13.5. The monoisotopic (exact) mass is 500 g/mol. The normalized spacial score (nSPS) is 23.6. The minimum absolute atomic E-state index is 0.0539. The number of ketones is 1. The van der Waals surface area contributed by atoms with Crippen LogP contribution in [0.15, 0.2) is 24.3 Å². The number of likely N-dealkylation sites (tertiary alicyclic amines) is 1. The molecule has 3 heterocycles. The quantitative estimate of drug-likeness (QED) is 0.579. The van der Waals surface area contributed by atoms with Crippen LogP contribution in [0.5, 0.6) is 0 Å². The SMILES string of the molecule is COCCN1CCN(c2ccc(C(=O)N[C@@H](CC(C)(C)C)C(=O)N3CC[C@H]4OCC(=O)[C@H]43)cc2)CC1. The van der Waals surface area contributed by atoms with E-state index in [1.165, 1.54) is 0 Å². The van der Waals surface area contributed by atoms with Crippen LogP contribution in [0.1, 0.15) is 44.0 Å². The highest BCUT2D eigenvalue weighted by molar-refractivity contribution is 5.99. The summed E-state index contributed by atoms with van der Waals surface area (Å²) in [6.07, 6.45) is 0.911. The molecule has 4 rings (SSSR count). The van der Waals surface area contributed by atoms with Crippen LogP contribution < -0.4 is 10.2 Å². The van der Waals surface area contributed by atoms with Crippen molar-refractivity contribution in [3.8, 4) is 0 Å². The molecule has 3 atom stereocenters. The van der Waals surface area contributed by atoms with Crippen LogP contribution in [0.4, 0.5) is 5.69 Å². The number of hydrogen-bond donors (Lipinski definition) is 1. The average molecular weight is 501 g/mol. The van der Waals surface area contributed by atoms with Crippen molar-refractivity contribution in [3.05, 3.63) is 29.8 Å². The first-order valence-corrected chi connectivity index (χ1v) is 13.0. The van der Waals surface area contributed by atoms with Crippen LogP contribution in [-0.2, 0) is 19.1 Å². The van der Waals surface area contributed by atoms with E-state index in [2.05, 4.69) is 15.1 Å². The highest BCUT2D eigenvalue weighted by Crippen LogP contribution is 2.30. The van der Waals surface area contributed by atoms with Gasteiger partial charge in [-0.25, -0.2) is 0 Å². The molecule has 1 aromatic carbocycles. The number of fused-ring (bicyclic) bond motifs is 1.